The molecule has 0 unspecified atom stereocenters. The number of nitrogens with zero attached hydrogens (tertiary/aromatic N) is 1. The molecule has 0 spiro atoms. The Balaban J connectivity index is 2.22. The van der Waals surface area contributed by atoms with Gasteiger partial charge in [-0.3, -0.25) is 4.79 Å². The van der Waals surface area contributed by atoms with Gasteiger partial charge in [0.05, 0.1) is 0 Å². The van der Waals surface area contributed by atoms with Gasteiger partial charge in [0.25, 0.3) is 5.91 Å². The minimum atomic E-state index is -1.15. The molecule has 0 saturated carbocycles. The van der Waals surface area contributed by atoms with E-state index >= 15 is 0 Å². The third-order valence-corrected chi connectivity index (χ3v) is 3.04. The molecule has 0 aliphatic heterocycles. The fourth-order valence-corrected chi connectivity index (χ4v) is 1.91. The van der Waals surface area contributed by atoms with Crippen molar-refractivity contribution in [3.05, 3.63) is 65.5 Å². The molecule has 0 heterocycles. The molecule has 2 N–H and O–H groups in total. The average molecular weight is 340 g/mol. The van der Waals surface area contributed by atoms with Crippen LogP contribution in [-0.2, 0) is 9.59 Å². The van der Waals surface area contributed by atoms with Gasteiger partial charge in [-0.15, -0.1) is 0 Å². The summed E-state index contributed by atoms with van der Waals surface area (Å²) in [5.74, 6) is -2.04. The van der Waals surface area contributed by atoms with Crippen LogP contribution in [0.1, 0.15) is 5.56 Å². The van der Waals surface area contributed by atoms with E-state index in [4.69, 9.17) is 9.84 Å². The summed E-state index contributed by atoms with van der Waals surface area (Å²) in [4.78, 5) is 22.8. The van der Waals surface area contributed by atoms with E-state index in [1.807, 2.05) is 0 Å². The Bertz CT molecular complexity index is 854. The number of nitriles is 1. The molecular formula is C18H13FN2O4. The minimum Gasteiger partial charge on any atom is -0.481 e. The molecule has 0 radical (unpaired) electrons. The molecule has 0 aliphatic carbocycles. The number of aliphatic carboxylic acids is 1. The summed E-state index contributed by atoms with van der Waals surface area (Å²) < 4.78 is 18.0. The number of carbonyl (C=O) groups excluding carboxylic acids is 1. The van der Waals surface area contributed by atoms with E-state index in [9.17, 15) is 19.2 Å². The molecule has 7 heteroatoms. The van der Waals surface area contributed by atoms with Crippen molar-refractivity contribution in [1.82, 2.24) is 0 Å². The highest BCUT2D eigenvalue weighted by atomic mass is 19.1. The number of para-hydroxylation sites is 1. The van der Waals surface area contributed by atoms with Crippen LogP contribution >= 0.6 is 0 Å². The summed E-state index contributed by atoms with van der Waals surface area (Å²) >= 11 is 0. The SMILES string of the molecule is N#C/C(=C\c1ccccc1OCC(=O)O)C(=O)Nc1ccc(F)cc1. The topological polar surface area (TPSA) is 99.4 Å². The van der Waals surface area contributed by atoms with Crippen LogP contribution in [0.5, 0.6) is 5.75 Å². The lowest BCUT2D eigenvalue weighted by atomic mass is 10.1. The molecule has 0 fully saturated rings. The first-order chi connectivity index (χ1) is 12.0. The predicted octanol–water partition coefficient (Wildman–Crippen LogP) is 2.83. The van der Waals surface area contributed by atoms with Gasteiger partial charge in [-0.25, -0.2) is 9.18 Å². The van der Waals surface area contributed by atoms with Crippen molar-refractivity contribution < 1.29 is 23.8 Å². The second-order valence-electron chi connectivity index (χ2n) is 4.85. The van der Waals surface area contributed by atoms with Gasteiger partial charge in [-0.2, -0.15) is 5.26 Å². The Kier molecular flexibility index (Phi) is 5.85. The van der Waals surface area contributed by atoms with Crippen molar-refractivity contribution in [2.24, 2.45) is 0 Å². The predicted molar refractivity (Wildman–Crippen MR) is 88.2 cm³/mol. The van der Waals surface area contributed by atoms with E-state index in [1.165, 1.54) is 36.4 Å². The van der Waals surface area contributed by atoms with Crippen LogP contribution in [0, 0.1) is 17.1 Å². The number of carboxylic acid groups (broad SMARTS) is 1. The third-order valence-electron chi connectivity index (χ3n) is 3.04. The lowest BCUT2D eigenvalue weighted by Crippen LogP contribution is -2.13. The number of ether oxygens (including phenoxy) is 1. The Morgan fingerprint density at radius 1 is 1.20 bits per heavy atom. The van der Waals surface area contributed by atoms with Crippen LogP contribution in [0.15, 0.2) is 54.1 Å². The van der Waals surface area contributed by atoms with E-state index in [0.717, 1.165) is 0 Å². The highest BCUT2D eigenvalue weighted by Crippen LogP contribution is 2.21. The number of carboxylic acids is 1. The molecular weight excluding hydrogens is 327 g/mol. The molecule has 0 atom stereocenters. The molecule has 1 amide bonds. The van der Waals surface area contributed by atoms with Crippen LogP contribution in [0.2, 0.25) is 0 Å². The van der Waals surface area contributed by atoms with Crippen molar-refractivity contribution in [2.45, 2.75) is 0 Å². The van der Waals surface area contributed by atoms with Gasteiger partial charge in [-0.1, -0.05) is 18.2 Å². The Morgan fingerprint density at radius 2 is 1.88 bits per heavy atom. The van der Waals surface area contributed by atoms with E-state index in [0.29, 0.717) is 11.3 Å². The number of hydrogen-bond acceptors (Lipinski definition) is 4. The molecule has 0 saturated heterocycles. The Labute approximate surface area is 142 Å². The standard InChI is InChI=1S/C18H13FN2O4/c19-14-5-7-15(8-6-14)21-18(24)13(10-20)9-12-3-1-2-4-16(12)25-11-17(22)23/h1-9H,11H2,(H,21,24)(H,22,23)/b13-9+. The number of hydrogen-bond donors (Lipinski definition) is 2. The van der Waals surface area contributed by atoms with Crippen LogP contribution in [0.4, 0.5) is 10.1 Å². The highest BCUT2D eigenvalue weighted by Gasteiger charge is 2.12. The third kappa shape index (κ3) is 5.18. The minimum absolute atomic E-state index is 0.212. The van der Waals surface area contributed by atoms with Gasteiger partial charge in [0.2, 0.25) is 0 Å². The zero-order valence-electron chi connectivity index (χ0n) is 12.9. The van der Waals surface area contributed by atoms with Crippen molar-refractivity contribution in [3.8, 4) is 11.8 Å². The van der Waals surface area contributed by atoms with Gasteiger partial charge >= 0.3 is 5.97 Å². The number of amides is 1. The number of nitrogens with one attached hydrogen (secondary N) is 1. The molecule has 126 valence electrons. The molecule has 0 aromatic heterocycles. The van der Waals surface area contributed by atoms with Crippen LogP contribution in [0.25, 0.3) is 6.08 Å². The lowest BCUT2D eigenvalue weighted by Gasteiger charge is -2.08. The van der Waals surface area contributed by atoms with Gasteiger partial charge in [-0.05, 0) is 36.4 Å². The molecule has 0 aliphatic rings. The summed E-state index contributed by atoms with van der Waals surface area (Å²) in [6.07, 6.45) is 1.29. The summed E-state index contributed by atoms with van der Waals surface area (Å²) in [6.45, 7) is -0.547. The van der Waals surface area contributed by atoms with Gasteiger partial charge < -0.3 is 15.2 Å². The summed E-state index contributed by atoms with van der Waals surface area (Å²) in [5, 5.41) is 20.4. The second kappa shape index (κ2) is 8.26. The van der Waals surface area contributed by atoms with Crippen molar-refractivity contribution in [3.63, 3.8) is 0 Å². The molecule has 2 aromatic rings. The quantitative estimate of drug-likeness (QED) is 0.622. The first-order valence-electron chi connectivity index (χ1n) is 7.12. The fourth-order valence-electron chi connectivity index (χ4n) is 1.91. The Morgan fingerprint density at radius 3 is 2.52 bits per heavy atom. The maximum atomic E-state index is 12.9. The summed E-state index contributed by atoms with van der Waals surface area (Å²) in [6, 6.07) is 13.3. The van der Waals surface area contributed by atoms with Crippen molar-refractivity contribution in [2.75, 3.05) is 11.9 Å². The number of halogens is 1. The summed E-state index contributed by atoms with van der Waals surface area (Å²) in [5.41, 5.74) is 0.508. The van der Waals surface area contributed by atoms with Gasteiger partial charge in [0, 0.05) is 11.3 Å². The normalized spacial score (nSPS) is 10.6. The van der Waals surface area contributed by atoms with E-state index in [-0.39, 0.29) is 11.3 Å². The molecule has 6 nitrogen and oxygen atoms in total. The Hall–Kier alpha value is -3.66. The largest absolute Gasteiger partial charge is 0.481 e. The number of benzene rings is 2. The molecule has 0 bridgehead atoms. The highest BCUT2D eigenvalue weighted by molar-refractivity contribution is 6.09. The smallest absolute Gasteiger partial charge is 0.341 e. The summed E-state index contributed by atoms with van der Waals surface area (Å²) in [7, 11) is 0. The molecule has 2 rings (SSSR count). The number of rotatable bonds is 6. The molecule has 2 aromatic carbocycles. The fraction of sp³-hybridized carbons (Fsp3) is 0.0556. The number of carbonyl (C=O) groups is 2. The van der Waals surface area contributed by atoms with Crippen LogP contribution in [0.3, 0.4) is 0 Å². The van der Waals surface area contributed by atoms with Gasteiger partial charge in [0.15, 0.2) is 6.61 Å². The van der Waals surface area contributed by atoms with Crippen LogP contribution in [-0.4, -0.2) is 23.6 Å². The lowest BCUT2D eigenvalue weighted by molar-refractivity contribution is -0.139. The molecule has 25 heavy (non-hydrogen) atoms. The van der Waals surface area contributed by atoms with Crippen LogP contribution < -0.4 is 10.1 Å². The zero-order valence-corrected chi connectivity index (χ0v) is 12.9. The van der Waals surface area contributed by atoms with Crippen molar-refractivity contribution in [1.29, 1.82) is 5.26 Å². The average Bonchev–Trinajstić information content (AvgIpc) is 2.60. The number of anilines is 1. The zero-order chi connectivity index (χ0) is 18.2. The monoisotopic (exact) mass is 340 g/mol. The second-order valence-corrected chi connectivity index (χ2v) is 4.85. The van der Waals surface area contributed by atoms with E-state index in [1.54, 1.807) is 24.3 Å². The van der Waals surface area contributed by atoms with E-state index < -0.39 is 24.3 Å². The van der Waals surface area contributed by atoms with Crippen molar-refractivity contribution >= 4 is 23.6 Å². The first-order valence-corrected chi connectivity index (χ1v) is 7.12. The maximum Gasteiger partial charge on any atom is 0.341 e. The first kappa shape index (κ1) is 17.7. The van der Waals surface area contributed by atoms with Gasteiger partial charge in [0.1, 0.15) is 23.2 Å². The van der Waals surface area contributed by atoms with E-state index in [2.05, 4.69) is 5.32 Å². The maximum absolute atomic E-state index is 12.9.